The number of aryl methyl sites for hydroxylation is 3. The molecule has 1 aliphatic heterocycles. The number of likely N-dealkylation sites (tertiary alicyclic amines) is 1. The average molecular weight is 408 g/mol. The average Bonchev–Trinajstić information content (AvgIpc) is 3.06. The highest BCUT2D eigenvalue weighted by atomic mass is 16.5. The lowest BCUT2D eigenvalue weighted by atomic mass is 9.87. The van der Waals surface area contributed by atoms with Crippen LogP contribution in [-0.2, 0) is 18.8 Å². The van der Waals surface area contributed by atoms with Crippen molar-refractivity contribution in [1.29, 1.82) is 0 Å². The predicted molar refractivity (Wildman–Crippen MR) is 114 cm³/mol. The Morgan fingerprint density at radius 1 is 1.13 bits per heavy atom. The van der Waals surface area contributed by atoms with Gasteiger partial charge in [-0.05, 0) is 62.9 Å². The molecule has 3 aromatic rings. The molecule has 4 rings (SSSR count). The van der Waals surface area contributed by atoms with Gasteiger partial charge in [0, 0.05) is 25.8 Å². The third kappa shape index (κ3) is 4.55. The van der Waals surface area contributed by atoms with Crippen molar-refractivity contribution in [3.63, 3.8) is 0 Å². The zero-order valence-electron chi connectivity index (χ0n) is 17.9. The number of aliphatic hydroxyl groups is 1. The van der Waals surface area contributed by atoms with Gasteiger partial charge in [-0.2, -0.15) is 0 Å². The largest absolute Gasteiger partial charge is 0.489 e. The molecule has 1 fully saturated rings. The lowest BCUT2D eigenvalue weighted by molar-refractivity contribution is -0.0311. The van der Waals surface area contributed by atoms with Crippen LogP contribution in [0.4, 0.5) is 0 Å². The first-order valence-electron chi connectivity index (χ1n) is 10.4. The number of rotatable bonds is 6. The van der Waals surface area contributed by atoms with E-state index in [0.717, 1.165) is 53.7 Å². The molecule has 0 spiro atoms. The molecule has 6 nitrogen and oxygen atoms in total. The summed E-state index contributed by atoms with van der Waals surface area (Å²) in [7, 11) is 0. The zero-order chi connectivity index (χ0) is 21.1. The van der Waals surface area contributed by atoms with Crippen molar-refractivity contribution in [3.8, 4) is 5.75 Å². The van der Waals surface area contributed by atoms with Gasteiger partial charge in [0.2, 0.25) is 0 Å². The van der Waals surface area contributed by atoms with Crippen LogP contribution in [0.1, 0.15) is 46.7 Å². The molecule has 2 aromatic heterocycles. The van der Waals surface area contributed by atoms with Gasteiger partial charge in [0.1, 0.15) is 23.7 Å². The van der Waals surface area contributed by atoms with Crippen molar-refractivity contribution in [3.05, 3.63) is 76.4 Å². The second kappa shape index (κ2) is 8.58. The summed E-state index contributed by atoms with van der Waals surface area (Å²) in [5, 5.41) is 15.0. The number of benzene rings is 1. The minimum atomic E-state index is -0.830. The number of nitrogens with zero attached hydrogens (tertiary/aromatic N) is 3. The molecular weight excluding hydrogens is 378 g/mol. The Balaban J connectivity index is 1.34. The van der Waals surface area contributed by atoms with Crippen molar-refractivity contribution in [2.24, 2.45) is 0 Å². The molecule has 1 saturated heterocycles. The minimum Gasteiger partial charge on any atom is -0.489 e. The number of hydrogen-bond acceptors (Lipinski definition) is 6. The number of aromatic nitrogens is 2. The number of hydrogen-bond donors (Lipinski definition) is 1. The molecule has 1 aliphatic rings. The van der Waals surface area contributed by atoms with E-state index in [1.807, 2.05) is 51.2 Å². The molecule has 0 radical (unpaired) electrons. The third-order valence-corrected chi connectivity index (χ3v) is 5.94. The molecule has 0 amide bonds. The normalized spacial score (nSPS) is 16.5. The first-order chi connectivity index (χ1) is 14.4. The standard InChI is InChI=1S/C24H29N3O3/c1-17-7-8-23(25-14-17)24(28)9-11-27(12-10-24)15-20-5-4-6-21(13-20)29-16-22-18(2)26-30-19(22)3/h4-8,13-14,28H,9-12,15-16H2,1-3H3. The molecule has 0 aliphatic carbocycles. The number of piperidine rings is 1. The summed E-state index contributed by atoms with van der Waals surface area (Å²) in [5.74, 6) is 1.64. The maximum atomic E-state index is 11.0. The predicted octanol–water partition coefficient (Wildman–Crippen LogP) is 4.06. The maximum absolute atomic E-state index is 11.0. The van der Waals surface area contributed by atoms with Crippen molar-refractivity contribution in [2.75, 3.05) is 13.1 Å². The van der Waals surface area contributed by atoms with Gasteiger partial charge < -0.3 is 14.4 Å². The fourth-order valence-electron chi connectivity index (χ4n) is 3.94. The second-order valence-corrected chi connectivity index (χ2v) is 8.27. The molecule has 6 heteroatoms. The molecular formula is C24H29N3O3. The minimum absolute atomic E-state index is 0.449. The summed E-state index contributed by atoms with van der Waals surface area (Å²) < 4.78 is 11.2. The molecule has 0 bridgehead atoms. The van der Waals surface area contributed by atoms with E-state index in [9.17, 15) is 5.11 Å². The van der Waals surface area contributed by atoms with Gasteiger partial charge in [0.15, 0.2) is 0 Å². The van der Waals surface area contributed by atoms with Gasteiger partial charge in [0.05, 0.1) is 17.0 Å². The van der Waals surface area contributed by atoms with Gasteiger partial charge in [-0.15, -0.1) is 0 Å². The number of ether oxygens (including phenoxy) is 1. The lowest BCUT2D eigenvalue weighted by Gasteiger charge is -2.37. The summed E-state index contributed by atoms with van der Waals surface area (Å²) >= 11 is 0. The van der Waals surface area contributed by atoms with Gasteiger partial charge >= 0.3 is 0 Å². The maximum Gasteiger partial charge on any atom is 0.140 e. The van der Waals surface area contributed by atoms with Crippen LogP contribution in [0.5, 0.6) is 5.75 Å². The van der Waals surface area contributed by atoms with Crippen LogP contribution in [0.3, 0.4) is 0 Å². The highest BCUT2D eigenvalue weighted by Crippen LogP contribution is 2.32. The summed E-state index contributed by atoms with van der Waals surface area (Å²) in [6, 6.07) is 12.2. The van der Waals surface area contributed by atoms with Crippen LogP contribution in [-0.4, -0.2) is 33.2 Å². The van der Waals surface area contributed by atoms with E-state index in [1.165, 1.54) is 5.56 Å². The molecule has 0 saturated carbocycles. The van der Waals surface area contributed by atoms with Gasteiger partial charge in [-0.3, -0.25) is 9.88 Å². The van der Waals surface area contributed by atoms with Crippen molar-refractivity contribution in [2.45, 2.75) is 52.4 Å². The highest BCUT2D eigenvalue weighted by Gasteiger charge is 2.35. The Morgan fingerprint density at radius 2 is 1.93 bits per heavy atom. The molecule has 30 heavy (non-hydrogen) atoms. The van der Waals surface area contributed by atoms with Crippen LogP contribution in [0.25, 0.3) is 0 Å². The molecule has 3 heterocycles. The van der Waals surface area contributed by atoms with Crippen LogP contribution < -0.4 is 4.74 Å². The quantitative estimate of drug-likeness (QED) is 0.664. The second-order valence-electron chi connectivity index (χ2n) is 8.27. The molecule has 0 unspecified atom stereocenters. The topological polar surface area (TPSA) is 71.6 Å². The van der Waals surface area contributed by atoms with Gasteiger partial charge in [0.25, 0.3) is 0 Å². The van der Waals surface area contributed by atoms with Crippen molar-refractivity contribution in [1.82, 2.24) is 15.0 Å². The van der Waals surface area contributed by atoms with E-state index in [1.54, 1.807) is 0 Å². The van der Waals surface area contributed by atoms with Crippen molar-refractivity contribution < 1.29 is 14.4 Å². The molecule has 0 atom stereocenters. The molecule has 1 aromatic carbocycles. The van der Waals surface area contributed by atoms with E-state index in [-0.39, 0.29) is 0 Å². The number of pyridine rings is 1. The van der Waals surface area contributed by atoms with E-state index in [4.69, 9.17) is 9.26 Å². The summed E-state index contributed by atoms with van der Waals surface area (Å²) in [4.78, 5) is 6.82. The fourth-order valence-corrected chi connectivity index (χ4v) is 3.94. The SMILES string of the molecule is Cc1ccc(C2(O)CCN(Cc3cccc(OCc4c(C)noc4C)c3)CC2)nc1. The van der Waals surface area contributed by atoms with Crippen LogP contribution in [0.2, 0.25) is 0 Å². The Kier molecular flexibility index (Phi) is 5.88. The first-order valence-corrected chi connectivity index (χ1v) is 10.4. The van der Waals surface area contributed by atoms with E-state index in [2.05, 4.69) is 27.2 Å². The molecule has 158 valence electrons. The van der Waals surface area contributed by atoms with Crippen LogP contribution in [0.15, 0.2) is 47.1 Å². The Hall–Kier alpha value is -2.70. The van der Waals surface area contributed by atoms with Crippen LogP contribution >= 0.6 is 0 Å². The van der Waals surface area contributed by atoms with Gasteiger partial charge in [-0.1, -0.05) is 23.4 Å². The summed E-state index contributed by atoms with van der Waals surface area (Å²) in [6.07, 6.45) is 3.20. The van der Waals surface area contributed by atoms with Crippen molar-refractivity contribution >= 4 is 0 Å². The summed E-state index contributed by atoms with van der Waals surface area (Å²) in [5.41, 5.74) is 4.13. The Labute approximate surface area is 177 Å². The monoisotopic (exact) mass is 407 g/mol. The Bertz CT molecular complexity index is 970. The smallest absolute Gasteiger partial charge is 0.140 e. The third-order valence-electron chi connectivity index (χ3n) is 5.94. The Morgan fingerprint density at radius 3 is 2.60 bits per heavy atom. The first kappa shape index (κ1) is 20.6. The summed E-state index contributed by atoms with van der Waals surface area (Å²) in [6.45, 7) is 8.78. The highest BCUT2D eigenvalue weighted by molar-refractivity contribution is 5.30. The lowest BCUT2D eigenvalue weighted by Crippen LogP contribution is -2.42. The zero-order valence-corrected chi connectivity index (χ0v) is 17.9. The van der Waals surface area contributed by atoms with E-state index in [0.29, 0.717) is 19.4 Å². The molecule has 1 N–H and O–H groups in total. The van der Waals surface area contributed by atoms with E-state index < -0.39 is 5.60 Å². The van der Waals surface area contributed by atoms with Crippen LogP contribution in [0, 0.1) is 20.8 Å². The van der Waals surface area contributed by atoms with Gasteiger partial charge in [-0.25, -0.2) is 0 Å². The fraction of sp³-hybridized carbons (Fsp3) is 0.417. The van der Waals surface area contributed by atoms with E-state index >= 15 is 0 Å².